The van der Waals surface area contributed by atoms with Gasteiger partial charge in [-0.15, -0.1) is 0 Å². The second kappa shape index (κ2) is 3.05. The molecule has 0 aliphatic rings. The zero-order valence-corrected chi connectivity index (χ0v) is 8.15. The molecule has 13 heavy (non-hydrogen) atoms. The van der Waals surface area contributed by atoms with Crippen LogP contribution >= 0.6 is 11.6 Å². The van der Waals surface area contributed by atoms with Crippen molar-refractivity contribution in [1.82, 2.24) is 4.98 Å². The predicted molar refractivity (Wildman–Crippen MR) is 55.9 cm³/mol. The van der Waals surface area contributed by atoms with Crippen LogP contribution < -0.4 is 5.73 Å². The van der Waals surface area contributed by atoms with E-state index in [4.69, 9.17) is 17.3 Å². The number of aryl methyl sites for hydroxylation is 1. The topological polar surface area (TPSA) is 41.8 Å². The van der Waals surface area contributed by atoms with E-state index in [0.717, 1.165) is 27.2 Å². The monoisotopic (exact) mass is 194 g/mol. The third kappa shape index (κ3) is 1.23. The van der Waals surface area contributed by atoms with E-state index in [2.05, 4.69) is 4.98 Å². The summed E-state index contributed by atoms with van der Waals surface area (Å²) in [4.78, 5) is 3.23. The van der Waals surface area contributed by atoms with Crippen molar-refractivity contribution in [3.05, 3.63) is 34.5 Å². The summed E-state index contributed by atoms with van der Waals surface area (Å²) < 4.78 is 0. The maximum atomic E-state index is 6.03. The van der Waals surface area contributed by atoms with E-state index in [9.17, 15) is 0 Å². The van der Waals surface area contributed by atoms with E-state index in [1.165, 1.54) is 0 Å². The van der Waals surface area contributed by atoms with Crippen LogP contribution in [0, 0.1) is 6.92 Å². The van der Waals surface area contributed by atoms with Gasteiger partial charge in [-0.1, -0.05) is 23.7 Å². The molecular formula is C10H11ClN2. The number of fused-ring (bicyclic) bond motifs is 1. The summed E-state index contributed by atoms with van der Waals surface area (Å²) in [6.45, 7) is 2.56. The van der Waals surface area contributed by atoms with E-state index in [1.54, 1.807) is 0 Å². The minimum atomic E-state index is 0.548. The SMILES string of the molecule is Cc1[nH]c2c(Cl)cccc2c1CN. The van der Waals surface area contributed by atoms with Crippen LogP contribution in [0.1, 0.15) is 11.3 Å². The molecule has 0 aliphatic heterocycles. The Kier molecular flexibility index (Phi) is 2.02. The van der Waals surface area contributed by atoms with Gasteiger partial charge in [0, 0.05) is 17.6 Å². The molecule has 0 spiro atoms. The van der Waals surface area contributed by atoms with Gasteiger partial charge in [-0.3, -0.25) is 0 Å². The molecule has 0 saturated carbocycles. The Hall–Kier alpha value is -0.990. The lowest BCUT2D eigenvalue weighted by atomic mass is 10.1. The van der Waals surface area contributed by atoms with Crippen molar-refractivity contribution in [1.29, 1.82) is 0 Å². The summed E-state index contributed by atoms with van der Waals surface area (Å²) in [5.41, 5.74) is 8.89. The molecule has 68 valence electrons. The maximum absolute atomic E-state index is 6.03. The molecule has 1 heterocycles. The molecular weight excluding hydrogens is 184 g/mol. The zero-order chi connectivity index (χ0) is 9.42. The summed E-state index contributed by atoms with van der Waals surface area (Å²) >= 11 is 6.03. The molecule has 0 amide bonds. The molecule has 0 fully saturated rings. The number of hydrogen-bond acceptors (Lipinski definition) is 1. The van der Waals surface area contributed by atoms with Crippen molar-refractivity contribution in [2.75, 3.05) is 0 Å². The van der Waals surface area contributed by atoms with Crippen LogP contribution in [0.3, 0.4) is 0 Å². The highest BCUT2D eigenvalue weighted by atomic mass is 35.5. The molecule has 1 aromatic heterocycles. The molecule has 0 aliphatic carbocycles. The van der Waals surface area contributed by atoms with Crippen LogP contribution in [0.5, 0.6) is 0 Å². The molecule has 2 nitrogen and oxygen atoms in total. The number of halogens is 1. The number of benzene rings is 1. The molecule has 0 unspecified atom stereocenters. The smallest absolute Gasteiger partial charge is 0.0648 e. The minimum absolute atomic E-state index is 0.548. The fraction of sp³-hybridized carbons (Fsp3) is 0.200. The quantitative estimate of drug-likeness (QED) is 0.720. The second-order valence-corrected chi connectivity index (χ2v) is 3.50. The highest BCUT2D eigenvalue weighted by Gasteiger charge is 2.07. The lowest BCUT2D eigenvalue weighted by Crippen LogP contribution is -1.96. The normalized spacial score (nSPS) is 11.0. The van der Waals surface area contributed by atoms with Crippen LogP contribution in [0.15, 0.2) is 18.2 Å². The molecule has 1 aromatic carbocycles. The van der Waals surface area contributed by atoms with Gasteiger partial charge in [0.15, 0.2) is 0 Å². The molecule has 0 bridgehead atoms. The van der Waals surface area contributed by atoms with E-state index < -0.39 is 0 Å². The molecule has 3 N–H and O–H groups in total. The number of para-hydroxylation sites is 1. The number of nitrogens with one attached hydrogen (secondary N) is 1. The van der Waals surface area contributed by atoms with Crippen LogP contribution in [0.25, 0.3) is 10.9 Å². The van der Waals surface area contributed by atoms with E-state index in [-0.39, 0.29) is 0 Å². The Morgan fingerprint density at radius 3 is 2.92 bits per heavy atom. The van der Waals surface area contributed by atoms with Gasteiger partial charge in [-0.05, 0) is 18.6 Å². The molecule has 0 radical (unpaired) electrons. The molecule has 2 aromatic rings. The van der Waals surface area contributed by atoms with Gasteiger partial charge in [0.25, 0.3) is 0 Å². The van der Waals surface area contributed by atoms with E-state index in [0.29, 0.717) is 6.54 Å². The van der Waals surface area contributed by atoms with Gasteiger partial charge in [0.05, 0.1) is 10.5 Å². The molecule has 2 rings (SSSR count). The van der Waals surface area contributed by atoms with Crippen LogP contribution in [0.2, 0.25) is 5.02 Å². The highest BCUT2D eigenvalue weighted by Crippen LogP contribution is 2.27. The highest BCUT2D eigenvalue weighted by molar-refractivity contribution is 6.35. The van der Waals surface area contributed by atoms with Crippen molar-refractivity contribution in [3.8, 4) is 0 Å². The Bertz CT molecular complexity index is 445. The second-order valence-electron chi connectivity index (χ2n) is 3.10. The number of rotatable bonds is 1. The zero-order valence-electron chi connectivity index (χ0n) is 7.39. The summed E-state index contributed by atoms with van der Waals surface area (Å²) in [6, 6.07) is 5.85. The third-order valence-electron chi connectivity index (χ3n) is 2.31. The largest absolute Gasteiger partial charge is 0.357 e. The number of nitrogens with two attached hydrogens (primary N) is 1. The lowest BCUT2D eigenvalue weighted by molar-refractivity contribution is 1.05. The van der Waals surface area contributed by atoms with Crippen molar-refractivity contribution in [3.63, 3.8) is 0 Å². The Balaban J connectivity index is 2.86. The van der Waals surface area contributed by atoms with Gasteiger partial charge >= 0.3 is 0 Å². The van der Waals surface area contributed by atoms with Crippen molar-refractivity contribution < 1.29 is 0 Å². The average Bonchev–Trinajstić information content (AvgIpc) is 2.43. The summed E-state index contributed by atoms with van der Waals surface area (Å²) in [5, 5.41) is 1.88. The van der Waals surface area contributed by atoms with Gasteiger partial charge in [0.2, 0.25) is 0 Å². The van der Waals surface area contributed by atoms with Gasteiger partial charge in [-0.25, -0.2) is 0 Å². The molecule has 3 heteroatoms. The maximum Gasteiger partial charge on any atom is 0.0648 e. The third-order valence-corrected chi connectivity index (χ3v) is 2.62. The first kappa shape index (κ1) is 8.60. The first-order chi connectivity index (χ1) is 6.24. The molecule has 0 saturated heterocycles. The Morgan fingerprint density at radius 2 is 2.23 bits per heavy atom. The fourth-order valence-corrected chi connectivity index (χ4v) is 1.85. The van der Waals surface area contributed by atoms with Gasteiger partial charge < -0.3 is 10.7 Å². The van der Waals surface area contributed by atoms with Gasteiger partial charge in [0.1, 0.15) is 0 Å². The molecule has 0 atom stereocenters. The van der Waals surface area contributed by atoms with E-state index in [1.807, 2.05) is 25.1 Å². The fourth-order valence-electron chi connectivity index (χ4n) is 1.63. The number of aromatic amines is 1. The summed E-state index contributed by atoms with van der Waals surface area (Å²) in [5.74, 6) is 0. The predicted octanol–water partition coefficient (Wildman–Crippen LogP) is 2.59. The summed E-state index contributed by atoms with van der Waals surface area (Å²) in [6.07, 6.45) is 0. The number of hydrogen-bond donors (Lipinski definition) is 2. The van der Waals surface area contributed by atoms with Crippen molar-refractivity contribution >= 4 is 22.5 Å². The van der Waals surface area contributed by atoms with Gasteiger partial charge in [-0.2, -0.15) is 0 Å². The van der Waals surface area contributed by atoms with Crippen molar-refractivity contribution in [2.45, 2.75) is 13.5 Å². The van der Waals surface area contributed by atoms with E-state index >= 15 is 0 Å². The Morgan fingerprint density at radius 1 is 1.46 bits per heavy atom. The average molecular weight is 195 g/mol. The number of aromatic nitrogens is 1. The van der Waals surface area contributed by atoms with Crippen molar-refractivity contribution in [2.24, 2.45) is 5.73 Å². The number of H-pyrrole nitrogens is 1. The Labute approximate surface area is 81.7 Å². The summed E-state index contributed by atoms with van der Waals surface area (Å²) in [7, 11) is 0. The lowest BCUT2D eigenvalue weighted by Gasteiger charge is -1.95. The first-order valence-corrected chi connectivity index (χ1v) is 4.57. The van der Waals surface area contributed by atoms with Crippen LogP contribution in [-0.4, -0.2) is 4.98 Å². The standard InChI is InChI=1S/C10H11ClN2/c1-6-8(5-12)7-3-2-4-9(11)10(7)13-6/h2-4,13H,5,12H2,1H3. The first-order valence-electron chi connectivity index (χ1n) is 4.19. The van der Waals surface area contributed by atoms with Crippen LogP contribution in [0.4, 0.5) is 0 Å². The van der Waals surface area contributed by atoms with Crippen LogP contribution in [-0.2, 0) is 6.54 Å². The minimum Gasteiger partial charge on any atom is -0.357 e.